The van der Waals surface area contributed by atoms with E-state index in [1.54, 1.807) is 18.0 Å². The molecule has 0 bridgehead atoms. The van der Waals surface area contributed by atoms with Gasteiger partial charge in [-0.15, -0.1) is 0 Å². The van der Waals surface area contributed by atoms with E-state index in [-0.39, 0.29) is 6.04 Å². The lowest BCUT2D eigenvalue weighted by molar-refractivity contribution is 0.490. The fraction of sp³-hybridized carbons (Fsp3) is 0.200. The Hall–Kier alpha value is -3.25. The maximum absolute atomic E-state index is 5.57. The zero-order chi connectivity index (χ0) is 21.0. The van der Waals surface area contributed by atoms with Crippen molar-refractivity contribution in [1.29, 1.82) is 0 Å². The molecule has 1 aliphatic rings. The average molecular weight is 429 g/mol. The van der Waals surface area contributed by atoms with Crippen molar-refractivity contribution in [3.8, 4) is 0 Å². The fourth-order valence-electron chi connectivity index (χ4n) is 3.89. The second-order valence-corrected chi connectivity index (χ2v) is 8.71. The monoisotopic (exact) mass is 428 g/mol. The van der Waals surface area contributed by atoms with Crippen LogP contribution in [0.3, 0.4) is 0 Å². The van der Waals surface area contributed by atoms with Gasteiger partial charge in [-0.2, -0.15) is 0 Å². The maximum Gasteiger partial charge on any atom is 0.137 e. The molecule has 3 heterocycles. The lowest BCUT2D eigenvalue weighted by Crippen LogP contribution is -2.34. The number of nitrogens with zero attached hydrogens (tertiary/aromatic N) is 3. The molecule has 2 aromatic heterocycles. The molecule has 1 atom stereocenters. The van der Waals surface area contributed by atoms with Crippen LogP contribution in [-0.2, 0) is 6.54 Å². The van der Waals surface area contributed by atoms with Crippen LogP contribution in [0.2, 0.25) is 0 Å². The van der Waals surface area contributed by atoms with Crippen LogP contribution in [-0.4, -0.2) is 16.5 Å². The summed E-state index contributed by atoms with van der Waals surface area (Å²) in [5.41, 5.74) is 2.26. The van der Waals surface area contributed by atoms with Gasteiger partial charge >= 0.3 is 0 Å². The van der Waals surface area contributed by atoms with Gasteiger partial charge in [-0.3, -0.25) is 0 Å². The highest BCUT2D eigenvalue weighted by molar-refractivity contribution is 7.99. The number of nitrogens with one attached hydrogen (secondary N) is 1. The minimum absolute atomic E-state index is 0.154. The second-order valence-electron chi connectivity index (χ2n) is 7.59. The molecule has 4 aromatic rings. The first kappa shape index (κ1) is 19.7. The summed E-state index contributed by atoms with van der Waals surface area (Å²) in [5, 5.41) is 3.77. The van der Waals surface area contributed by atoms with Crippen LogP contribution in [0, 0.1) is 6.92 Å². The molecule has 0 amide bonds. The number of anilines is 2. The number of fused-ring (bicyclic) bond motifs is 1. The third-order valence-electron chi connectivity index (χ3n) is 5.39. The van der Waals surface area contributed by atoms with E-state index in [0.717, 1.165) is 41.6 Å². The molecule has 5 nitrogen and oxygen atoms in total. The van der Waals surface area contributed by atoms with E-state index in [4.69, 9.17) is 9.40 Å². The van der Waals surface area contributed by atoms with Crippen molar-refractivity contribution < 1.29 is 4.42 Å². The van der Waals surface area contributed by atoms with Crippen LogP contribution in [0.15, 0.2) is 93.4 Å². The van der Waals surface area contributed by atoms with Crippen molar-refractivity contribution in [2.45, 2.75) is 35.7 Å². The van der Waals surface area contributed by atoms with E-state index in [1.807, 2.05) is 31.3 Å². The van der Waals surface area contributed by atoms with Crippen molar-refractivity contribution in [2.75, 3.05) is 16.8 Å². The first-order valence-electron chi connectivity index (χ1n) is 10.5. The molecule has 0 saturated carbocycles. The summed E-state index contributed by atoms with van der Waals surface area (Å²) in [5.74, 6) is 2.71. The Morgan fingerprint density at radius 3 is 2.74 bits per heavy atom. The molecular formula is C25H24N4OS. The Morgan fingerprint density at radius 1 is 1.06 bits per heavy atom. The minimum Gasteiger partial charge on any atom is -0.467 e. The molecule has 0 fully saturated rings. The van der Waals surface area contributed by atoms with E-state index < -0.39 is 0 Å². The van der Waals surface area contributed by atoms with Crippen LogP contribution in [0.4, 0.5) is 11.5 Å². The fourth-order valence-corrected chi connectivity index (χ4v) is 4.82. The van der Waals surface area contributed by atoms with E-state index in [1.165, 1.54) is 9.79 Å². The van der Waals surface area contributed by atoms with Gasteiger partial charge in [-0.1, -0.05) is 42.1 Å². The van der Waals surface area contributed by atoms with Gasteiger partial charge in [0.15, 0.2) is 0 Å². The van der Waals surface area contributed by atoms with Gasteiger partial charge in [0.2, 0.25) is 0 Å². The number of para-hydroxylation sites is 1. The molecule has 0 spiro atoms. The van der Waals surface area contributed by atoms with Crippen LogP contribution in [0.1, 0.15) is 29.6 Å². The summed E-state index contributed by atoms with van der Waals surface area (Å²) in [6, 6.07) is 23.0. The number of furan rings is 1. The quantitative estimate of drug-likeness (QED) is 0.401. The lowest BCUT2D eigenvalue weighted by atomic mass is 10.00. The summed E-state index contributed by atoms with van der Waals surface area (Å²) in [7, 11) is 0. The van der Waals surface area contributed by atoms with Crippen molar-refractivity contribution in [2.24, 2.45) is 0 Å². The SMILES string of the molecule is Cc1ncc2c(n1)N(Cc1ccco1)CCC2Nc1ccccc1Sc1ccccc1. The normalized spacial score (nSPS) is 15.5. The van der Waals surface area contributed by atoms with E-state index in [9.17, 15) is 0 Å². The molecule has 0 saturated heterocycles. The molecule has 1 aliphatic heterocycles. The van der Waals surface area contributed by atoms with Crippen molar-refractivity contribution >= 4 is 23.3 Å². The maximum atomic E-state index is 5.57. The minimum atomic E-state index is 0.154. The predicted octanol–water partition coefficient (Wildman–Crippen LogP) is 6.09. The molecular weight excluding hydrogens is 404 g/mol. The Balaban J connectivity index is 1.41. The van der Waals surface area contributed by atoms with Crippen molar-refractivity contribution in [3.05, 3.63) is 96.3 Å². The number of aromatic nitrogens is 2. The van der Waals surface area contributed by atoms with Crippen LogP contribution >= 0.6 is 11.8 Å². The highest BCUT2D eigenvalue weighted by atomic mass is 32.2. The number of benzene rings is 2. The molecule has 2 aromatic carbocycles. The van der Waals surface area contributed by atoms with Gasteiger partial charge in [0.25, 0.3) is 0 Å². The molecule has 156 valence electrons. The number of hydrogen-bond donors (Lipinski definition) is 1. The molecule has 0 aliphatic carbocycles. The van der Waals surface area contributed by atoms with E-state index >= 15 is 0 Å². The number of hydrogen-bond acceptors (Lipinski definition) is 6. The second kappa shape index (κ2) is 8.86. The van der Waals surface area contributed by atoms with Gasteiger partial charge < -0.3 is 14.6 Å². The Morgan fingerprint density at radius 2 is 1.90 bits per heavy atom. The largest absolute Gasteiger partial charge is 0.467 e. The van der Waals surface area contributed by atoms with Gasteiger partial charge in [0, 0.05) is 33.8 Å². The summed E-state index contributed by atoms with van der Waals surface area (Å²) in [4.78, 5) is 14.0. The Labute approximate surface area is 186 Å². The molecule has 31 heavy (non-hydrogen) atoms. The zero-order valence-electron chi connectivity index (χ0n) is 17.4. The van der Waals surface area contributed by atoms with E-state index in [2.05, 4.69) is 63.7 Å². The molecule has 1 unspecified atom stereocenters. The van der Waals surface area contributed by atoms with Crippen LogP contribution < -0.4 is 10.2 Å². The highest BCUT2D eigenvalue weighted by Crippen LogP contribution is 2.39. The van der Waals surface area contributed by atoms with Gasteiger partial charge in [-0.05, 0) is 49.7 Å². The van der Waals surface area contributed by atoms with E-state index in [0.29, 0.717) is 6.54 Å². The average Bonchev–Trinajstić information content (AvgIpc) is 3.30. The van der Waals surface area contributed by atoms with Crippen molar-refractivity contribution in [3.63, 3.8) is 0 Å². The molecule has 5 rings (SSSR count). The zero-order valence-corrected chi connectivity index (χ0v) is 18.2. The van der Waals surface area contributed by atoms with Crippen LogP contribution in [0.5, 0.6) is 0 Å². The predicted molar refractivity (Wildman–Crippen MR) is 125 cm³/mol. The summed E-state index contributed by atoms with van der Waals surface area (Å²) < 4.78 is 5.57. The van der Waals surface area contributed by atoms with Gasteiger partial charge in [0.1, 0.15) is 17.4 Å². The van der Waals surface area contributed by atoms with Gasteiger partial charge in [0.05, 0.1) is 18.8 Å². The molecule has 1 N–H and O–H groups in total. The summed E-state index contributed by atoms with van der Waals surface area (Å²) in [6.45, 7) is 3.55. The Kier molecular flexibility index (Phi) is 5.63. The summed E-state index contributed by atoms with van der Waals surface area (Å²) in [6.07, 6.45) is 4.65. The summed E-state index contributed by atoms with van der Waals surface area (Å²) >= 11 is 1.77. The lowest BCUT2D eigenvalue weighted by Gasteiger charge is -2.35. The third kappa shape index (κ3) is 4.44. The topological polar surface area (TPSA) is 54.2 Å². The van der Waals surface area contributed by atoms with Crippen LogP contribution in [0.25, 0.3) is 0 Å². The first-order chi connectivity index (χ1) is 15.3. The number of aryl methyl sites for hydroxylation is 1. The smallest absolute Gasteiger partial charge is 0.137 e. The highest BCUT2D eigenvalue weighted by Gasteiger charge is 2.28. The van der Waals surface area contributed by atoms with Crippen molar-refractivity contribution in [1.82, 2.24) is 9.97 Å². The number of rotatable bonds is 6. The Bertz CT molecular complexity index is 1150. The van der Waals surface area contributed by atoms with Gasteiger partial charge in [-0.25, -0.2) is 9.97 Å². The third-order valence-corrected chi connectivity index (χ3v) is 6.48. The standard InChI is InChI=1S/C25H24N4OS/c1-18-26-16-21-22(13-14-29(25(21)27-18)17-19-8-7-15-30-19)28-23-11-5-6-12-24(23)31-20-9-3-2-4-10-20/h2-12,15-16,22,28H,13-14,17H2,1H3. The molecule has 6 heteroatoms. The molecule has 0 radical (unpaired) electrons. The first-order valence-corrected chi connectivity index (χ1v) is 11.3.